The Labute approximate surface area is 230 Å². The van der Waals surface area contributed by atoms with E-state index in [2.05, 4.69) is 0 Å². The molecule has 2 heterocycles. The Hall–Kier alpha value is -4.64. The van der Waals surface area contributed by atoms with E-state index in [1.807, 2.05) is 0 Å². The van der Waals surface area contributed by atoms with E-state index in [0.29, 0.717) is 24.3 Å². The summed E-state index contributed by atoms with van der Waals surface area (Å²) in [5.41, 5.74) is -17.8. The monoisotopic (exact) mass is 630 g/mol. The van der Waals surface area contributed by atoms with Crippen LogP contribution in [0.1, 0.15) is 22.3 Å². The Morgan fingerprint density at radius 2 is 0.651 bits per heavy atom. The van der Waals surface area contributed by atoms with Crippen molar-refractivity contribution < 1.29 is 71.9 Å². The first-order valence-corrected chi connectivity index (χ1v) is 11.2. The molecule has 0 radical (unpaired) electrons. The van der Waals surface area contributed by atoms with Crippen LogP contribution in [0, 0.1) is 0 Å². The molecule has 18 heteroatoms. The van der Waals surface area contributed by atoms with Gasteiger partial charge in [0.15, 0.2) is 0 Å². The van der Waals surface area contributed by atoms with Crippen molar-refractivity contribution in [2.24, 2.45) is 0 Å². The van der Waals surface area contributed by atoms with Crippen molar-refractivity contribution in [2.75, 3.05) is 9.80 Å². The molecule has 6 nitrogen and oxygen atoms in total. The van der Waals surface area contributed by atoms with Crippen molar-refractivity contribution in [3.8, 4) is 0 Å². The van der Waals surface area contributed by atoms with Crippen molar-refractivity contribution in [1.82, 2.24) is 0 Å². The lowest BCUT2D eigenvalue weighted by Gasteiger charge is -2.39. The number of alkyl halides is 12. The highest BCUT2D eigenvalue weighted by atomic mass is 19.4. The second kappa shape index (κ2) is 9.70. The molecule has 43 heavy (non-hydrogen) atoms. The van der Waals surface area contributed by atoms with Crippen LogP contribution in [-0.4, -0.2) is 36.0 Å². The molecule has 2 aliphatic heterocycles. The van der Waals surface area contributed by atoms with Crippen LogP contribution < -0.4 is 9.80 Å². The summed E-state index contributed by atoms with van der Waals surface area (Å²) in [6.07, 6.45) is -23.1. The van der Waals surface area contributed by atoms with Crippen LogP contribution in [-0.2, 0) is 36.9 Å². The number of imide groups is 2. The van der Waals surface area contributed by atoms with Gasteiger partial charge in [0.1, 0.15) is 0 Å². The van der Waals surface area contributed by atoms with Crippen LogP contribution in [0.5, 0.6) is 0 Å². The molecule has 0 saturated heterocycles. The molecule has 0 aliphatic carbocycles. The Morgan fingerprint density at radius 3 is 0.884 bits per heavy atom. The van der Waals surface area contributed by atoms with Gasteiger partial charge < -0.3 is 0 Å². The number of amides is 4. The van der Waals surface area contributed by atoms with Gasteiger partial charge in [0.25, 0.3) is 23.6 Å². The maximum absolute atomic E-state index is 14.8. The predicted octanol–water partition coefficient (Wildman–Crippen LogP) is 5.99. The first kappa shape index (κ1) is 31.3. The Kier molecular flexibility index (Phi) is 7.06. The third kappa shape index (κ3) is 5.14. The van der Waals surface area contributed by atoms with Crippen LogP contribution in [0.3, 0.4) is 0 Å². The molecule has 0 unspecified atom stereocenters. The van der Waals surface area contributed by atoms with Gasteiger partial charge in [0.05, 0.1) is 22.5 Å². The van der Waals surface area contributed by atoms with Gasteiger partial charge in [-0.25, -0.2) is 9.80 Å². The second-order valence-corrected chi connectivity index (χ2v) is 8.97. The van der Waals surface area contributed by atoms with E-state index in [1.165, 1.54) is 0 Å². The predicted molar refractivity (Wildman–Crippen MR) is 119 cm³/mol. The Balaban J connectivity index is 2.18. The van der Waals surface area contributed by atoms with E-state index in [0.717, 1.165) is 0 Å². The fourth-order valence-corrected chi connectivity index (χ4v) is 4.53. The number of halogens is 12. The van der Waals surface area contributed by atoms with Crippen LogP contribution in [0.25, 0.3) is 0 Å². The molecule has 2 aromatic rings. The zero-order valence-corrected chi connectivity index (χ0v) is 20.3. The van der Waals surface area contributed by atoms with Crippen molar-refractivity contribution in [2.45, 2.75) is 30.1 Å². The molecule has 228 valence electrons. The smallest absolute Gasteiger partial charge is 0.269 e. The Bertz CT molecular complexity index is 1460. The molecule has 0 spiro atoms. The van der Waals surface area contributed by atoms with Crippen molar-refractivity contribution >= 4 is 35.0 Å². The molecule has 4 rings (SSSR count). The summed E-state index contributed by atoms with van der Waals surface area (Å²) < 4.78 is 172. The van der Waals surface area contributed by atoms with Crippen LogP contribution >= 0.6 is 0 Å². The number of carbonyl (C=O) groups excluding carboxylic acids is 4. The SMILES string of the molecule is O=C1C=CC(=O)N1c1cc(C(F)(F)F)cc(C(c2cc(N3C(=O)C=CC3=O)cc(C(F)(F)F)c2)(C(F)(F)F)C(F)(F)F)c1. The minimum Gasteiger partial charge on any atom is -0.269 e. The highest BCUT2D eigenvalue weighted by Crippen LogP contribution is 2.58. The van der Waals surface area contributed by atoms with E-state index in [1.54, 1.807) is 0 Å². The minimum absolute atomic E-state index is 0.103. The first-order chi connectivity index (χ1) is 19.5. The van der Waals surface area contributed by atoms with E-state index in [-0.39, 0.29) is 34.1 Å². The summed E-state index contributed by atoms with van der Waals surface area (Å²) in [5, 5.41) is 0. The lowest BCUT2D eigenvalue weighted by Crippen LogP contribution is -2.55. The molecule has 0 aromatic heterocycles. The number of hydrogen-bond acceptors (Lipinski definition) is 4. The van der Waals surface area contributed by atoms with Crippen LogP contribution in [0.2, 0.25) is 0 Å². The number of benzene rings is 2. The first-order valence-electron chi connectivity index (χ1n) is 11.2. The van der Waals surface area contributed by atoms with Crippen LogP contribution in [0.15, 0.2) is 60.7 Å². The fourth-order valence-electron chi connectivity index (χ4n) is 4.53. The number of nitrogens with zero attached hydrogens (tertiary/aromatic N) is 2. The van der Waals surface area contributed by atoms with Gasteiger partial charge in [0.2, 0.25) is 5.41 Å². The summed E-state index contributed by atoms with van der Waals surface area (Å²) in [6, 6.07) is -1.98. The zero-order valence-electron chi connectivity index (χ0n) is 20.3. The molecule has 0 N–H and O–H groups in total. The standard InChI is InChI=1S/C25H10F12N2O4/c26-22(27,28)13-5-11(7-15(9-13)38-17(40)1-2-18(38)41)21(24(32,33)34,25(35,36)37)12-6-14(23(29,30)31)10-16(8-12)39-19(42)3-4-20(39)43/h1-10H. The van der Waals surface area contributed by atoms with Crippen molar-refractivity contribution in [3.05, 3.63) is 83.0 Å². The highest BCUT2D eigenvalue weighted by molar-refractivity contribution is 6.28. The van der Waals surface area contributed by atoms with Gasteiger partial charge in [-0.05, 0) is 47.5 Å². The van der Waals surface area contributed by atoms with E-state index >= 15 is 0 Å². The quantitative estimate of drug-likeness (QED) is 0.307. The molecular weight excluding hydrogens is 620 g/mol. The normalized spacial score (nSPS) is 16.7. The fraction of sp³-hybridized carbons (Fsp3) is 0.200. The lowest BCUT2D eigenvalue weighted by molar-refractivity contribution is -0.288. The van der Waals surface area contributed by atoms with Gasteiger partial charge in [-0.2, -0.15) is 52.7 Å². The molecule has 4 amide bonds. The van der Waals surface area contributed by atoms with Crippen molar-refractivity contribution in [1.29, 1.82) is 0 Å². The number of anilines is 2. The third-order valence-corrected chi connectivity index (χ3v) is 6.34. The average molecular weight is 630 g/mol. The van der Waals surface area contributed by atoms with E-state index in [9.17, 15) is 71.9 Å². The molecule has 0 saturated carbocycles. The number of carbonyl (C=O) groups is 4. The van der Waals surface area contributed by atoms with Gasteiger partial charge >= 0.3 is 24.7 Å². The van der Waals surface area contributed by atoms with E-state index in [4.69, 9.17) is 0 Å². The minimum atomic E-state index is -6.78. The average Bonchev–Trinajstić information content (AvgIpc) is 3.35. The lowest BCUT2D eigenvalue weighted by atomic mass is 9.71. The molecule has 0 bridgehead atoms. The largest absolute Gasteiger partial charge is 0.416 e. The number of hydrogen-bond donors (Lipinski definition) is 0. The summed E-state index contributed by atoms with van der Waals surface area (Å²) in [6.45, 7) is 0. The molecule has 2 aromatic carbocycles. The number of rotatable bonds is 4. The zero-order chi connectivity index (χ0) is 32.5. The van der Waals surface area contributed by atoms with Crippen molar-refractivity contribution in [3.63, 3.8) is 0 Å². The molecule has 0 fully saturated rings. The third-order valence-electron chi connectivity index (χ3n) is 6.34. The Morgan fingerprint density at radius 1 is 0.395 bits per heavy atom. The van der Waals surface area contributed by atoms with Crippen LogP contribution in [0.4, 0.5) is 64.1 Å². The van der Waals surface area contributed by atoms with Gasteiger partial charge in [-0.15, -0.1) is 0 Å². The van der Waals surface area contributed by atoms with Gasteiger partial charge in [0, 0.05) is 24.3 Å². The summed E-state index contributed by atoms with van der Waals surface area (Å²) in [7, 11) is 0. The maximum atomic E-state index is 14.8. The summed E-state index contributed by atoms with van der Waals surface area (Å²) in [4.78, 5) is 47.9. The maximum Gasteiger partial charge on any atom is 0.416 e. The molecular formula is C25H10F12N2O4. The summed E-state index contributed by atoms with van der Waals surface area (Å²) in [5.74, 6) is -5.78. The second-order valence-electron chi connectivity index (χ2n) is 8.97. The molecule has 0 atom stereocenters. The highest BCUT2D eigenvalue weighted by Gasteiger charge is 2.73. The van der Waals surface area contributed by atoms with Gasteiger partial charge in [-0.3, -0.25) is 19.2 Å². The summed E-state index contributed by atoms with van der Waals surface area (Å²) >= 11 is 0. The topological polar surface area (TPSA) is 74.8 Å². The van der Waals surface area contributed by atoms with Gasteiger partial charge in [-0.1, -0.05) is 0 Å². The molecule has 2 aliphatic rings. The van der Waals surface area contributed by atoms with E-state index < -0.39 is 99.5 Å².